The molecule has 0 rings (SSSR count). The van der Waals surface area contributed by atoms with Crippen LogP contribution in [0.5, 0.6) is 0 Å². The van der Waals surface area contributed by atoms with Crippen LogP contribution < -0.4 is 5.32 Å². The van der Waals surface area contributed by atoms with Crippen molar-refractivity contribution in [2.24, 2.45) is 0 Å². The predicted octanol–water partition coefficient (Wildman–Crippen LogP) is 1.22. The van der Waals surface area contributed by atoms with Gasteiger partial charge in [0.15, 0.2) is 0 Å². The molecule has 0 aliphatic carbocycles. The van der Waals surface area contributed by atoms with Gasteiger partial charge in [-0.25, -0.2) is 8.42 Å². The van der Waals surface area contributed by atoms with Gasteiger partial charge in [0, 0.05) is 13.7 Å². The molecule has 0 unspecified atom stereocenters. The van der Waals surface area contributed by atoms with Gasteiger partial charge < -0.3 is 10.1 Å². The van der Waals surface area contributed by atoms with Gasteiger partial charge in [0.05, 0.1) is 18.1 Å². The first-order valence-electron chi connectivity index (χ1n) is 6.02. The summed E-state index contributed by atoms with van der Waals surface area (Å²) in [6.45, 7) is 4.28. The Morgan fingerprint density at radius 1 is 1.06 bits per heavy atom. The van der Waals surface area contributed by atoms with E-state index in [1.807, 2.05) is 0 Å². The first-order valence-corrected chi connectivity index (χ1v) is 7.84. The number of unbranched alkanes of at least 4 members (excludes halogenated alkanes) is 2. The Bertz CT molecular complexity index is 240. The number of methoxy groups -OCH3 is 1. The summed E-state index contributed by atoms with van der Waals surface area (Å²) in [5.74, 6) is 0.648. The summed E-state index contributed by atoms with van der Waals surface area (Å²) in [7, 11) is -1.17. The lowest BCUT2D eigenvalue weighted by atomic mass is 10.3. The lowest BCUT2D eigenvalue weighted by Gasteiger charge is -2.05. The summed E-state index contributed by atoms with van der Waals surface area (Å²) in [6.07, 6.45) is 3.56. The molecular formula is C11H25NO3S. The Morgan fingerprint density at radius 3 is 2.38 bits per heavy atom. The van der Waals surface area contributed by atoms with E-state index in [0.717, 1.165) is 32.4 Å². The van der Waals surface area contributed by atoms with Crippen LogP contribution in [0.3, 0.4) is 0 Å². The van der Waals surface area contributed by atoms with E-state index in [-0.39, 0.29) is 0 Å². The van der Waals surface area contributed by atoms with Crippen molar-refractivity contribution in [3.05, 3.63) is 0 Å². The average molecular weight is 251 g/mol. The highest BCUT2D eigenvalue weighted by molar-refractivity contribution is 7.91. The van der Waals surface area contributed by atoms with Crippen molar-refractivity contribution in [3.63, 3.8) is 0 Å². The lowest BCUT2D eigenvalue weighted by molar-refractivity contribution is 0.199. The van der Waals surface area contributed by atoms with Crippen LogP contribution in [0.4, 0.5) is 0 Å². The molecular weight excluding hydrogens is 226 g/mol. The monoisotopic (exact) mass is 251 g/mol. The van der Waals surface area contributed by atoms with Crippen molar-refractivity contribution in [3.8, 4) is 0 Å². The normalized spacial score (nSPS) is 11.9. The molecule has 0 aromatic heterocycles. The van der Waals surface area contributed by atoms with Gasteiger partial charge in [-0.05, 0) is 19.4 Å². The maximum atomic E-state index is 11.5. The van der Waals surface area contributed by atoms with E-state index in [4.69, 9.17) is 4.74 Å². The van der Waals surface area contributed by atoms with E-state index in [0.29, 0.717) is 24.5 Å². The van der Waals surface area contributed by atoms with E-state index < -0.39 is 9.84 Å². The van der Waals surface area contributed by atoms with Gasteiger partial charge in [-0.3, -0.25) is 0 Å². The summed E-state index contributed by atoms with van der Waals surface area (Å²) < 4.78 is 28.0. The molecule has 0 heterocycles. The third kappa shape index (κ3) is 10.4. The zero-order valence-electron chi connectivity index (χ0n) is 10.5. The summed E-state index contributed by atoms with van der Waals surface area (Å²) in [5.41, 5.74) is 0. The molecule has 0 saturated heterocycles. The van der Waals surface area contributed by atoms with Gasteiger partial charge in [0.1, 0.15) is 9.84 Å². The van der Waals surface area contributed by atoms with Crippen LogP contribution in [0.2, 0.25) is 0 Å². The van der Waals surface area contributed by atoms with Crippen molar-refractivity contribution in [1.29, 1.82) is 0 Å². The standard InChI is InChI=1S/C11H25NO3S/c1-3-4-5-10-16(13,14)11-6-7-12-8-9-15-2/h12H,3-11H2,1-2H3. The van der Waals surface area contributed by atoms with Gasteiger partial charge >= 0.3 is 0 Å². The molecule has 16 heavy (non-hydrogen) atoms. The fourth-order valence-corrected chi connectivity index (χ4v) is 2.82. The van der Waals surface area contributed by atoms with Gasteiger partial charge in [0.25, 0.3) is 0 Å². The number of nitrogens with one attached hydrogen (secondary N) is 1. The summed E-state index contributed by atoms with van der Waals surface area (Å²) >= 11 is 0. The molecule has 1 N–H and O–H groups in total. The quantitative estimate of drug-likeness (QED) is 0.561. The topological polar surface area (TPSA) is 55.4 Å². The molecule has 0 aliphatic heterocycles. The number of hydrogen-bond acceptors (Lipinski definition) is 4. The number of rotatable bonds is 11. The number of sulfone groups is 1. The van der Waals surface area contributed by atoms with Crippen LogP contribution >= 0.6 is 0 Å². The molecule has 0 aromatic rings. The van der Waals surface area contributed by atoms with Crippen molar-refractivity contribution in [2.75, 3.05) is 38.3 Å². The SMILES string of the molecule is CCCCCS(=O)(=O)CCCNCCOC. The van der Waals surface area contributed by atoms with Crippen LogP contribution in [-0.4, -0.2) is 46.7 Å². The molecule has 0 spiro atoms. The van der Waals surface area contributed by atoms with Gasteiger partial charge in [-0.15, -0.1) is 0 Å². The van der Waals surface area contributed by atoms with Gasteiger partial charge in [0.2, 0.25) is 0 Å². The largest absolute Gasteiger partial charge is 0.383 e. The van der Waals surface area contributed by atoms with Crippen LogP contribution in [-0.2, 0) is 14.6 Å². The first kappa shape index (κ1) is 15.9. The van der Waals surface area contributed by atoms with E-state index in [1.54, 1.807) is 7.11 Å². The Balaban J connectivity index is 3.43. The molecule has 5 heteroatoms. The van der Waals surface area contributed by atoms with Crippen molar-refractivity contribution in [1.82, 2.24) is 5.32 Å². The molecule has 0 bridgehead atoms. The smallest absolute Gasteiger partial charge is 0.150 e. The molecule has 98 valence electrons. The zero-order valence-corrected chi connectivity index (χ0v) is 11.3. The third-order valence-electron chi connectivity index (χ3n) is 2.35. The lowest BCUT2D eigenvalue weighted by Crippen LogP contribution is -2.23. The molecule has 0 aromatic carbocycles. The zero-order chi connectivity index (χ0) is 12.3. The van der Waals surface area contributed by atoms with Gasteiger partial charge in [-0.1, -0.05) is 19.8 Å². The Labute approximate surface area is 99.7 Å². The third-order valence-corrected chi connectivity index (χ3v) is 4.17. The Hall–Kier alpha value is -0.130. The van der Waals surface area contributed by atoms with Crippen molar-refractivity contribution >= 4 is 9.84 Å². The van der Waals surface area contributed by atoms with Crippen LogP contribution in [0.15, 0.2) is 0 Å². The van der Waals surface area contributed by atoms with Crippen LogP contribution in [0, 0.1) is 0 Å². The van der Waals surface area contributed by atoms with Gasteiger partial charge in [-0.2, -0.15) is 0 Å². The maximum Gasteiger partial charge on any atom is 0.150 e. The molecule has 0 saturated carbocycles. The summed E-state index contributed by atoms with van der Waals surface area (Å²) in [4.78, 5) is 0. The second-order valence-electron chi connectivity index (χ2n) is 3.96. The second-order valence-corrected chi connectivity index (χ2v) is 6.26. The molecule has 0 atom stereocenters. The molecule has 0 aliphatic rings. The minimum atomic E-state index is -2.82. The number of hydrogen-bond donors (Lipinski definition) is 1. The van der Waals surface area contributed by atoms with E-state index in [9.17, 15) is 8.42 Å². The van der Waals surface area contributed by atoms with Crippen LogP contribution in [0.25, 0.3) is 0 Å². The van der Waals surface area contributed by atoms with E-state index in [2.05, 4.69) is 12.2 Å². The number of ether oxygens (including phenoxy) is 1. The minimum Gasteiger partial charge on any atom is -0.383 e. The minimum absolute atomic E-state index is 0.302. The van der Waals surface area contributed by atoms with E-state index in [1.165, 1.54) is 0 Å². The predicted molar refractivity (Wildman–Crippen MR) is 67.5 cm³/mol. The highest BCUT2D eigenvalue weighted by atomic mass is 32.2. The first-order chi connectivity index (χ1) is 7.62. The molecule has 4 nitrogen and oxygen atoms in total. The fraction of sp³-hybridized carbons (Fsp3) is 1.00. The summed E-state index contributed by atoms with van der Waals surface area (Å²) in [5, 5.41) is 3.14. The highest BCUT2D eigenvalue weighted by Crippen LogP contribution is 2.01. The highest BCUT2D eigenvalue weighted by Gasteiger charge is 2.09. The second kappa shape index (κ2) is 10.1. The maximum absolute atomic E-state index is 11.5. The molecule has 0 amide bonds. The Kier molecular flexibility index (Phi) is 9.97. The van der Waals surface area contributed by atoms with Crippen LogP contribution in [0.1, 0.15) is 32.6 Å². The Morgan fingerprint density at radius 2 is 1.75 bits per heavy atom. The summed E-state index contributed by atoms with van der Waals surface area (Å²) in [6, 6.07) is 0. The molecule has 0 radical (unpaired) electrons. The van der Waals surface area contributed by atoms with Crippen molar-refractivity contribution < 1.29 is 13.2 Å². The van der Waals surface area contributed by atoms with E-state index >= 15 is 0 Å². The molecule has 0 fully saturated rings. The average Bonchev–Trinajstić information content (AvgIpc) is 2.23. The fourth-order valence-electron chi connectivity index (χ4n) is 1.39. The van der Waals surface area contributed by atoms with Crippen molar-refractivity contribution in [2.45, 2.75) is 32.6 Å².